The van der Waals surface area contributed by atoms with E-state index < -0.39 is 0 Å². The molecule has 28 heavy (non-hydrogen) atoms. The van der Waals surface area contributed by atoms with Crippen LogP contribution in [0.1, 0.15) is 29.2 Å². The van der Waals surface area contributed by atoms with Crippen LogP contribution in [0.25, 0.3) is 0 Å². The van der Waals surface area contributed by atoms with E-state index in [1.54, 1.807) is 0 Å². The molecule has 0 unspecified atom stereocenters. The van der Waals surface area contributed by atoms with E-state index in [0.717, 1.165) is 12.1 Å². The number of aryl methyl sites for hydroxylation is 1. The first kappa shape index (κ1) is 20.1. The Hall–Kier alpha value is -2.69. The quantitative estimate of drug-likeness (QED) is 0.501. The topological polar surface area (TPSA) is 33.3 Å². The van der Waals surface area contributed by atoms with Gasteiger partial charge in [0.15, 0.2) is 5.11 Å². The van der Waals surface area contributed by atoms with Crippen molar-refractivity contribution in [1.29, 1.82) is 0 Å². The number of benzene rings is 3. The van der Waals surface area contributed by atoms with Gasteiger partial charge < -0.3 is 15.4 Å². The third-order valence-corrected chi connectivity index (χ3v) is 4.79. The number of ether oxygens (including phenoxy) is 1. The molecule has 0 aliphatic carbocycles. The Labute approximate surface area is 172 Å². The minimum Gasteiger partial charge on any atom is -0.372 e. The minimum absolute atomic E-state index is 0.575. The van der Waals surface area contributed by atoms with Crippen molar-refractivity contribution in [3.05, 3.63) is 101 Å². The van der Waals surface area contributed by atoms with Crippen molar-refractivity contribution in [3.63, 3.8) is 0 Å². The van der Waals surface area contributed by atoms with Crippen molar-refractivity contribution in [2.45, 2.75) is 33.1 Å². The highest BCUT2D eigenvalue weighted by molar-refractivity contribution is 7.80. The Morgan fingerprint density at radius 3 is 2.18 bits per heavy atom. The molecule has 0 aromatic heterocycles. The molecule has 0 spiro atoms. The highest BCUT2D eigenvalue weighted by atomic mass is 32.1. The maximum absolute atomic E-state index is 5.89. The second kappa shape index (κ2) is 10.6. The Morgan fingerprint density at radius 1 is 0.786 bits per heavy atom. The molecular formula is C24H26N2OS. The van der Waals surface area contributed by atoms with Gasteiger partial charge in [0, 0.05) is 12.2 Å². The predicted octanol–water partition coefficient (Wildman–Crippen LogP) is 5.45. The summed E-state index contributed by atoms with van der Waals surface area (Å²) in [4.78, 5) is 0. The van der Waals surface area contributed by atoms with Gasteiger partial charge in [0.25, 0.3) is 0 Å². The maximum atomic E-state index is 5.89. The lowest BCUT2D eigenvalue weighted by Crippen LogP contribution is -2.28. The Morgan fingerprint density at radius 2 is 1.46 bits per heavy atom. The average Bonchev–Trinajstić information content (AvgIpc) is 2.74. The van der Waals surface area contributed by atoms with E-state index in [9.17, 15) is 0 Å². The van der Waals surface area contributed by atoms with E-state index in [1.807, 2.05) is 30.3 Å². The van der Waals surface area contributed by atoms with E-state index in [-0.39, 0.29) is 0 Å². The van der Waals surface area contributed by atoms with Gasteiger partial charge in [-0.2, -0.15) is 0 Å². The molecule has 0 bridgehead atoms. The molecular weight excluding hydrogens is 364 g/mol. The lowest BCUT2D eigenvalue weighted by atomic mass is 10.1. The highest BCUT2D eigenvalue weighted by Crippen LogP contribution is 2.13. The molecule has 0 fully saturated rings. The first-order chi connectivity index (χ1) is 13.7. The number of rotatable bonds is 8. The molecule has 3 aromatic carbocycles. The first-order valence-electron chi connectivity index (χ1n) is 9.57. The highest BCUT2D eigenvalue weighted by Gasteiger charge is 2.04. The summed E-state index contributed by atoms with van der Waals surface area (Å²) >= 11 is 5.44. The van der Waals surface area contributed by atoms with Gasteiger partial charge in [-0.05, 0) is 53.0 Å². The smallest absolute Gasteiger partial charge is 0.171 e. The second-order valence-corrected chi connectivity index (χ2v) is 7.01. The zero-order chi connectivity index (χ0) is 19.6. The van der Waals surface area contributed by atoms with Crippen LogP contribution in [-0.4, -0.2) is 5.11 Å². The van der Waals surface area contributed by atoms with Crippen molar-refractivity contribution in [1.82, 2.24) is 5.32 Å². The van der Waals surface area contributed by atoms with Crippen LogP contribution < -0.4 is 10.6 Å². The molecule has 144 valence electrons. The van der Waals surface area contributed by atoms with Crippen LogP contribution in [0.4, 0.5) is 5.69 Å². The van der Waals surface area contributed by atoms with Crippen LogP contribution in [0, 0.1) is 0 Å². The van der Waals surface area contributed by atoms with E-state index in [0.29, 0.717) is 24.9 Å². The van der Waals surface area contributed by atoms with Gasteiger partial charge in [0.2, 0.25) is 0 Å². The molecule has 3 rings (SSSR count). The molecule has 0 aliphatic heterocycles. The lowest BCUT2D eigenvalue weighted by molar-refractivity contribution is 0.106. The van der Waals surface area contributed by atoms with Gasteiger partial charge in [0.1, 0.15) is 0 Å². The average molecular weight is 391 g/mol. The van der Waals surface area contributed by atoms with Crippen molar-refractivity contribution in [2.24, 2.45) is 0 Å². The summed E-state index contributed by atoms with van der Waals surface area (Å²) in [7, 11) is 0. The van der Waals surface area contributed by atoms with Crippen molar-refractivity contribution in [3.8, 4) is 0 Å². The fourth-order valence-corrected chi connectivity index (χ4v) is 3.09. The number of hydrogen-bond acceptors (Lipinski definition) is 2. The number of nitrogens with one attached hydrogen (secondary N) is 2. The molecule has 0 radical (unpaired) electrons. The monoisotopic (exact) mass is 390 g/mol. The van der Waals surface area contributed by atoms with Crippen molar-refractivity contribution >= 4 is 23.0 Å². The standard InChI is InChI=1S/C24H26N2OS/c1-2-19-12-14-23(15-13-19)26-24(28)25-16-21-10-6-7-11-22(21)18-27-17-20-8-4-3-5-9-20/h3-15H,2,16-18H2,1H3,(H2,25,26,28). The summed E-state index contributed by atoms with van der Waals surface area (Å²) in [6.45, 7) is 3.99. The van der Waals surface area contributed by atoms with E-state index in [2.05, 4.69) is 66.1 Å². The third-order valence-electron chi connectivity index (χ3n) is 4.55. The molecule has 0 saturated carbocycles. The van der Waals surface area contributed by atoms with Crippen LogP contribution >= 0.6 is 12.2 Å². The van der Waals surface area contributed by atoms with Gasteiger partial charge in [-0.3, -0.25) is 0 Å². The number of thiocarbonyl (C=S) groups is 1. The van der Waals surface area contributed by atoms with Crippen LogP contribution in [0.15, 0.2) is 78.9 Å². The molecule has 0 heterocycles. The molecule has 4 heteroatoms. The van der Waals surface area contributed by atoms with Crippen LogP contribution in [0.3, 0.4) is 0 Å². The van der Waals surface area contributed by atoms with Gasteiger partial charge >= 0.3 is 0 Å². The summed E-state index contributed by atoms with van der Waals surface area (Å²) in [5.41, 5.74) is 5.84. The summed E-state index contributed by atoms with van der Waals surface area (Å²) < 4.78 is 5.89. The molecule has 3 nitrogen and oxygen atoms in total. The molecule has 3 aromatic rings. The largest absolute Gasteiger partial charge is 0.372 e. The van der Waals surface area contributed by atoms with E-state index in [4.69, 9.17) is 17.0 Å². The van der Waals surface area contributed by atoms with Gasteiger partial charge in [-0.1, -0.05) is 73.7 Å². The molecule has 0 saturated heterocycles. The van der Waals surface area contributed by atoms with Crippen molar-refractivity contribution in [2.75, 3.05) is 5.32 Å². The molecule has 0 aliphatic rings. The fourth-order valence-electron chi connectivity index (χ4n) is 2.90. The zero-order valence-electron chi connectivity index (χ0n) is 16.2. The third kappa shape index (κ3) is 6.19. The van der Waals surface area contributed by atoms with Crippen LogP contribution in [0.2, 0.25) is 0 Å². The van der Waals surface area contributed by atoms with E-state index in [1.165, 1.54) is 22.3 Å². The molecule has 0 atom stereocenters. The number of hydrogen-bond donors (Lipinski definition) is 2. The SMILES string of the molecule is CCc1ccc(NC(=S)NCc2ccccc2COCc2ccccc2)cc1. The molecule has 0 amide bonds. The van der Waals surface area contributed by atoms with E-state index >= 15 is 0 Å². The zero-order valence-corrected chi connectivity index (χ0v) is 17.0. The summed E-state index contributed by atoms with van der Waals surface area (Å²) in [5, 5.41) is 7.14. The number of anilines is 1. The lowest BCUT2D eigenvalue weighted by Gasteiger charge is -2.14. The summed E-state index contributed by atoms with van der Waals surface area (Å²) in [6.07, 6.45) is 1.03. The summed E-state index contributed by atoms with van der Waals surface area (Å²) in [6, 6.07) is 26.8. The Kier molecular flexibility index (Phi) is 7.59. The van der Waals surface area contributed by atoms with Crippen molar-refractivity contribution < 1.29 is 4.74 Å². The Bertz CT molecular complexity index is 879. The normalized spacial score (nSPS) is 10.5. The maximum Gasteiger partial charge on any atom is 0.171 e. The Balaban J connectivity index is 1.50. The first-order valence-corrected chi connectivity index (χ1v) is 9.97. The fraction of sp³-hybridized carbons (Fsp3) is 0.208. The summed E-state index contributed by atoms with van der Waals surface area (Å²) in [5.74, 6) is 0. The van der Waals surface area contributed by atoms with Gasteiger partial charge in [0.05, 0.1) is 13.2 Å². The van der Waals surface area contributed by atoms with Gasteiger partial charge in [-0.15, -0.1) is 0 Å². The van der Waals surface area contributed by atoms with Gasteiger partial charge in [-0.25, -0.2) is 0 Å². The minimum atomic E-state index is 0.575. The van der Waals surface area contributed by atoms with Crippen LogP contribution in [-0.2, 0) is 30.9 Å². The predicted molar refractivity (Wildman–Crippen MR) is 120 cm³/mol. The molecule has 2 N–H and O–H groups in total. The van der Waals surface area contributed by atoms with Crippen LogP contribution in [0.5, 0.6) is 0 Å². The second-order valence-electron chi connectivity index (χ2n) is 6.61.